The molecule has 0 aliphatic heterocycles. The molecule has 0 spiro atoms. The second-order valence-corrected chi connectivity index (χ2v) is 4.64. The van der Waals surface area contributed by atoms with Crippen LogP contribution in [0.15, 0.2) is 0 Å². The summed E-state index contributed by atoms with van der Waals surface area (Å²) in [5.41, 5.74) is -0.444. The summed E-state index contributed by atoms with van der Waals surface area (Å²) in [7, 11) is 0. The van der Waals surface area contributed by atoms with Gasteiger partial charge < -0.3 is 0 Å². The zero-order valence-electron chi connectivity index (χ0n) is 9.53. The van der Waals surface area contributed by atoms with Crippen LogP contribution in [-0.2, 0) is 11.7 Å². The maximum Gasteiger partial charge on any atom is 0.435 e. The fourth-order valence-electron chi connectivity index (χ4n) is 1.50. The molecule has 1 heterocycles. The third kappa shape index (κ3) is 2.16. The van der Waals surface area contributed by atoms with E-state index in [-0.39, 0.29) is 5.56 Å². The van der Waals surface area contributed by atoms with E-state index >= 15 is 0 Å². The molecule has 1 aromatic rings. The van der Waals surface area contributed by atoms with Crippen LogP contribution in [0.5, 0.6) is 0 Å². The lowest BCUT2D eigenvalue weighted by atomic mass is 10.1. The first-order valence-corrected chi connectivity index (χ1v) is 4.69. The van der Waals surface area contributed by atoms with Gasteiger partial charge in [0.25, 0.3) is 0 Å². The molecule has 0 aromatic carbocycles. The molecule has 0 amide bonds. The summed E-state index contributed by atoms with van der Waals surface area (Å²) in [6, 6.07) is 0. The van der Waals surface area contributed by atoms with E-state index in [1.165, 1.54) is 11.6 Å². The number of rotatable bonds is 0. The van der Waals surface area contributed by atoms with E-state index < -0.39 is 17.4 Å². The maximum atomic E-state index is 12.6. The van der Waals surface area contributed by atoms with Gasteiger partial charge in [0.2, 0.25) is 0 Å². The number of hydrogen-bond acceptors (Lipinski definition) is 1. The molecule has 15 heavy (non-hydrogen) atoms. The molecule has 0 N–H and O–H groups in total. The molecule has 0 saturated carbocycles. The Bertz CT molecular complexity index is 335. The van der Waals surface area contributed by atoms with Crippen molar-refractivity contribution < 1.29 is 13.2 Å². The molecule has 5 heteroatoms. The van der Waals surface area contributed by atoms with Crippen LogP contribution in [0.25, 0.3) is 0 Å². The van der Waals surface area contributed by atoms with Gasteiger partial charge in [0.05, 0.1) is 5.54 Å². The molecule has 0 atom stereocenters. The lowest BCUT2D eigenvalue weighted by Gasteiger charge is -2.21. The van der Waals surface area contributed by atoms with E-state index in [1.54, 1.807) is 6.92 Å². The van der Waals surface area contributed by atoms with Gasteiger partial charge in [-0.2, -0.15) is 18.3 Å². The molecule has 0 unspecified atom stereocenters. The highest BCUT2D eigenvalue weighted by molar-refractivity contribution is 5.26. The van der Waals surface area contributed by atoms with Crippen LogP contribution in [0.2, 0.25) is 0 Å². The SMILES string of the molecule is Cc1c(C(F)(F)F)nn(C(C)(C)C)c1C. The van der Waals surface area contributed by atoms with E-state index in [0.717, 1.165) is 0 Å². The van der Waals surface area contributed by atoms with Gasteiger partial charge in [-0.3, -0.25) is 4.68 Å². The average molecular weight is 220 g/mol. The standard InChI is InChI=1S/C10H15F3N2/c1-6-7(2)15(9(3,4)5)14-8(6)10(11,12)13/h1-5H3. The number of halogens is 3. The summed E-state index contributed by atoms with van der Waals surface area (Å²) < 4.78 is 39.1. The van der Waals surface area contributed by atoms with Gasteiger partial charge in [-0.1, -0.05) is 0 Å². The Morgan fingerprint density at radius 3 is 1.73 bits per heavy atom. The largest absolute Gasteiger partial charge is 0.435 e. The maximum absolute atomic E-state index is 12.6. The quantitative estimate of drug-likeness (QED) is 0.656. The monoisotopic (exact) mass is 220 g/mol. The predicted molar refractivity (Wildman–Crippen MR) is 51.7 cm³/mol. The normalized spacial score (nSPS) is 13.3. The Kier molecular flexibility index (Phi) is 2.62. The number of nitrogens with zero attached hydrogens (tertiary/aromatic N) is 2. The highest BCUT2D eigenvalue weighted by Crippen LogP contribution is 2.33. The van der Waals surface area contributed by atoms with Gasteiger partial charge in [0.1, 0.15) is 0 Å². The van der Waals surface area contributed by atoms with Crippen LogP contribution in [0.4, 0.5) is 13.2 Å². The van der Waals surface area contributed by atoms with E-state index in [1.807, 2.05) is 20.8 Å². The van der Waals surface area contributed by atoms with Gasteiger partial charge in [-0.15, -0.1) is 0 Å². The van der Waals surface area contributed by atoms with Crippen molar-refractivity contribution in [3.8, 4) is 0 Å². The van der Waals surface area contributed by atoms with E-state index in [9.17, 15) is 13.2 Å². The summed E-state index contributed by atoms with van der Waals surface area (Å²) in [5, 5.41) is 3.64. The summed E-state index contributed by atoms with van der Waals surface area (Å²) in [5.74, 6) is 0. The average Bonchev–Trinajstić information content (AvgIpc) is 2.26. The van der Waals surface area contributed by atoms with Crippen molar-refractivity contribution in [2.75, 3.05) is 0 Å². The van der Waals surface area contributed by atoms with Crippen molar-refractivity contribution in [3.05, 3.63) is 17.0 Å². The third-order valence-electron chi connectivity index (χ3n) is 2.32. The zero-order valence-corrected chi connectivity index (χ0v) is 9.53. The first-order valence-electron chi connectivity index (χ1n) is 4.69. The van der Waals surface area contributed by atoms with E-state index in [0.29, 0.717) is 5.69 Å². The fraction of sp³-hybridized carbons (Fsp3) is 0.700. The Morgan fingerprint density at radius 1 is 1.07 bits per heavy atom. The van der Waals surface area contributed by atoms with Crippen molar-refractivity contribution in [2.45, 2.75) is 46.3 Å². The minimum Gasteiger partial charge on any atom is -0.264 e. The van der Waals surface area contributed by atoms with Gasteiger partial charge in [0, 0.05) is 11.3 Å². The van der Waals surface area contributed by atoms with Crippen LogP contribution in [-0.4, -0.2) is 9.78 Å². The van der Waals surface area contributed by atoms with Crippen LogP contribution in [0.3, 0.4) is 0 Å². The van der Waals surface area contributed by atoms with Gasteiger partial charge >= 0.3 is 6.18 Å². The smallest absolute Gasteiger partial charge is 0.264 e. The molecule has 0 saturated heterocycles. The Hall–Kier alpha value is -1.00. The molecule has 86 valence electrons. The molecule has 0 aliphatic carbocycles. The van der Waals surface area contributed by atoms with Crippen molar-refractivity contribution in [1.82, 2.24) is 9.78 Å². The second kappa shape index (κ2) is 3.25. The van der Waals surface area contributed by atoms with Gasteiger partial charge in [-0.25, -0.2) is 0 Å². The predicted octanol–water partition coefficient (Wildman–Crippen LogP) is 3.27. The summed E-state index contributed by atoms with van der Waals surface area (Å²) in [6.45, 7) is 8.59. The minimum atomic E-state index is -4.37. The van der Waals surface area contributed by atoms with Crippen molar-refractivity contribution >= 4 is 0 Å². The second-order valence-electron chi connectivity index (χ2n) is 4.64. The molecular weight excluding hydrogens is 205 g/mol. The number of aromatic nitrogens is 2. The third-order valence-corrected chi connectivity index (χ3v) is 2.32. The van der Waals surface area contributed by atoms with Gasteiger partial charge in [-0.05, 0) is 34.6 Å². The fourth-order valence-corrected chi connectivity index (χ4v) is 1.50. The van der Waals surface area contributed by atoms with Crippen molar-refractivity contribution in [2.24, 2.45) is 0 Å². The highest BCUT2D eigenvalue weighted by atomic mass is 19.4. The lowest BCUT2D eigenvalue weighted by Crippen LogP contribution is -2.25. The first kappa shape index (κ1) is 12.1. The molecule has 1 aromatic heterocycles. The van der Waals surface area contributed by atoms with Crippen molar-refractivity contribution in [3.63, 3.8) is 0 Å². The highest BCUT2D eigenvalue weighted by Gasteiger charge is 2.38. The topological polar surface area (TPSA) is 17.8 Å². The Morgan fingerprint density at radius 2 is 1.53 bits per heavy atom. The summed E-state index contributed by atoms with van der Waals surface area (Å²) in [4.78, 5) is 0. The number of alkyl halides is 3. The minimum absolute atomic E-state index is 0.206. The summed E-state index contributed by atoms with van der Waals surface area (Å²) >= 11 is 0. The summed E-state index contributed by atoms with van der Waals surface area (Å²) in [6.07, 6.45) is -4.37. The van der Waals surface area contributed by atoms with Gasteiger partial charge in [0.15, 0.2) is 5.69 Å². The Labute approximate surface area is 87.1 Å². The molecule has 0 bridgehead atoms. The van der Waals surface area contributed by atoms with E-state index in [2.05, 4.69) is 5.10 Å². The Balaban J connectivity index is 3.38. The van der Waals surface area contributed by atoms with Crippen LogP contribution < -0.4 is 0 Å². The first-order chi connectivity index (χ1) is 6.55. The molecule has 0 fully saturated rings. The van der Waals surface area contributed by atoms with Crippen molar-refractivity contribution in [1.29, 1.82) is 0 Å². The molecular formula is C10H15F3N2. The lowest BCUT2D eigenvalue weighted by molar-refractivity contribution is -0.142. The zero-order chi connectivity index (χ0) is 12.0. The van der Waals surface area contributed by atoms with Crippen LogP contribution in [0, 0.1) is 13.8 Å². The van der Waals surface area contributed by atoms with E-state index in [4.69, 9.17) is 0 Å². The number of hydrogen-bond donors (Lipinski definition) is 0. The molecule has 2 nitrogen and oxygen atoms in total. The molecule has 1 rings (SSSR count). The molecule has 0 aliphatic rings. The van der Waals surface area contributed by atoms with Crippen LogP contribution in [0.1, 0.15) is 37.7 Å². The van der Waals surface area contributed by atoms with Crippen LogP contribution >= 0.6 is 0 Å². The molecule has 0 radical (unpaired) electrons.